The molecule has 1 aromatic carbocycles. The number of halogens is 2. The van der Waals surface area contributed by atoms with Crippen LogP contribution in [0.4, 0.5) is 15.9 Å². The zero-order valence-corrected chi connectivity index (χ0v) is 16.3. The van der Waals surface area contributed by atoms with Crippen LogP contribution in [0.5, 0.6) is 0 Å². The summed E-state index contributed by atoms with van der Waals surface area (Å²) < 4.78 is 13.1. The Morgan fingerprint density at radius 1 is 1.29 bits per heavy atom. The zero-order chi connectivity index (χ0) is 18.8. The molecule has 0 spiro atoms. The fourth-order valence-electron chi connectivity index (χ4n) is 2.99. The lowest BCUT2D eigenvalue weighted by atomic mass is 10.0. The minimum Gasteiger partial charge on any atom is -0.390 e. The number of carbonyl (C=O) groups is 1. The van der Waals surface area contributed by atoms with Crippen LogP contribution in [-0.4, -0.2) is 46.2 Å². The van der Waals surface area contributed by atoms with Crippen molar-refractivity contribution in [3.05, 3.63) is 47.4 Å². The number of nitrogens with one attached hydrogen (secondary N) is 3. The van der Waals surface area contributed by atoms with Gasteiger partial charge in [0.2, 0.25) is 0 Å². The van der Waals surface area contributed by atoms with Crippen molar-refractivity contribution in [3.63, 3.8) is 0 Å². The largest absolute Gasteiger partial charge is 0.390 e. The van der Waals surface area contributed by atoms with Gasteiger partial charge in [-0.2, -0.15) is 0 Å². The molecular weight excluding hydrogens is 405 g/mol. The fourth-order valence-corrected chi connectivity index (χ4v) is 3.89. The average Bonchev–Trinajstić information content (AvgIpc) is 3.11. The summed E-state index contributed by atoms with van der Waals surface area (Å²) in [5, 5.41) is 19.8. The standard InChI is InChI=1S/C18H18FN5O2S.ClH/c19-10-1-3-11(4-2-10)23-16-12-7-15(27-18(12)22-9-21-16)17(26)24-13-5-6-20-8-14(13)25;/h1-4,7,9,13-14,20,25H,5-6,8H2,(H,24,26)(H,21,22,23);1H/t13-,14-;/m1./s1. The molecule has 0 aliphatic carbocycles. The van der Waals surface area contributed by atoms with E-state index in [1.165, 1.54) is 29.8 Å². The van der Waals surface area contributed by atoms with E-state index in [9.17, 15) is 14.3 Å². The average molecular weight is 424 g/mol. The predicted molar refractivity (Wildman–Crippen MR) is 109 cm³/mol. The van der Waals surface area contributed by atoms with Gasteiger partial charge in [0.1, 0.15) is 22.8 Å². The molecule has 1 amide bonds. The highest BCUT2D eigenvalue weighted by atomic mass is 35.5. The van der Waals surface area contributed by atoms with Gasteiger partial charge in [0, 0.05) is 12.2 Å². The first kappa shape index (κ1) is 20.4. The number of aromatic nitrogens is 2. The van der Waals surface area contributed by atoms with Crippen LogP contribution in [0.1, 0.15) is 16.1 Å². The molecular formula is C18H19ClFN5O2S. The van der Waals surface area contributed by atoms with E-state index in [1.54, 1.807) is 18.2 Å². The van der Waals surface area contributed by atoms with Crippen molar-refractivity contribution in [2.75, 3.05) is 18.4 Å². The van der Waals surface area contributed by atoms with Gasteiger partial charge in [-0.3, -0.25) is 4.79 Å². The Kier molecular flexibility index (Phi) is 6.40. The van der Waals surface area contributed by atoms with Crippen LogP contribution >= 0.6 is 23.7 Å². The van der Waals surface area contributed by atoms with Gasteiger partial charge in [0.25, 0.3) is 5.91 Å². The number of piperidine rings is 1. The summed E-state index contributed by atoms with van der Waals surface area (Å²) in [6.07, 6.45) is 1.49. The Balaban J connectivity index is 0.00000225. The van der Waals surface area contributed by atoms with Crippen molar-refractivity contribution in [3.8, 4) is 0 Å². The van der Waals surface area contributed by atoms with E-state index in [0.717, 1.165) is 6.54 Å². The summed E-state index contributed by atoms with van der Waals surface area (Å²) in [7, 11) is 0. The third-order valence-corrected chi connectivity index (χ3v) is 5.47. The highest BCUT2D eigenvalue weighted by Gasteiger charge is 2.25. The molecule has 4 rings (SSSR count). The molecule has 0 bridgehead atoms. The van der Waals surface area contributed by atoms with Crippen molar-refractivity contribution >= 4 is 51.4 Å². The molecule has 148 valence electrons. The number of thiophene rings is 1. The summed E-state index contributed by atoms with van der Waals surface area (Å²) in [4.78, 5) is 22.2. The number of aliphatic hydroxyl groups excluding tert-OH is 1. The maximum Gasteiger partial charge on any atom is 0.261 e. The highest BCUT2D eigenvalue weighted by molar-refractivity contribution is 7.20. The Bertz CT molecular complexity index is 968. The molecule has 3 heterocycles. The number of hydrogen-bond donors (Lipinski definition) is 4. The van der Waals surface area contributed by atoms with E-state index in [1.807, 2.05) is 0 Å². The zero-order valence-electron chi connectivity index (χ0n) is 14.7. The minimum atomic E-state index is -0.604. The van der Waals surface area contributed by atoms with Crippen molar-refractivity contribution in [1.29, 1.82) is 0 Å². The van der Waals surface area contributed by atoms with E-state index in [2.05, 4.69) is 25.9 Å². The molecule has 2 aromatic heterocycles. The highest BCUT2D eigenvalue weighted by Crippen LogP contribution is 2.30. The van der Waals surface area contributed by atoms with Gasteiger partial charge >= 0.3 is 0 Å². The molecule has 0 saturated carbocycles. The van der Waals surface area contributed by atoms with Gasteiger partial charge in [-0.05, 0) is 43.3 Å². The monoisotopic (exact) mass is 423 g/mol. The number of hydrogen-bond acceptors (Lipinski definition) is 7. The predicted octanol–water partition coefficient (Wildman–Crippen LogP) is 2.45. The van der Waals surface area contributed by atoms with Crippen LogP contribution < -0.4 is 16.0 Å². The van der Waals surface area contributed by atoms with E-state index >= 15 is 0 Å². The Morgan fingerprint density at radius 2 is 2.07 bits per heavy atom. The van der Waals surface area contributed by atoms with Gasteiger partial charge in [-0.25, -0.2) is 14.4 Å². The van der Waals surface area contributed by atoms with Crippen molar-refractivity contribution in [1.82, 2.24) is 20.6 Å². The number of amides is 1. The molecule has 1 saturated heterocycles. The molecule has 2 atom stereocenters. The second-order valence-corrected chi connectivity index (χ2v) is 7.35. The summed E-state index contributed by atoms with van der Waals surface area (Å²) >= 11 is 1.26. The summed E-state index contributed by atoms with van der Waals surface area (Å²) in [6, 6.07) is 7.40. The van der Waals surface area contributed by atoms with Gasteiger partial charge in [0.05, 0.1) is 22.4 Å². The molecule has 7 nitrogen and oxygen atoms in total. The van der Waals surface area contributed by atoms with E-state index in [-0.39, 0.29) is 30.2 Å². The van der Waals surface area contributed by atoms with Crippen LogP contribution in [0.15, 0.2) is 36.7 Å². The number of β-amino-alcohol motifs (C(OH)–C–C–N with tert-alkyl or cyclic N) is 1. The third kappa shape index (κ3) is 4.39. The van der Waals surface area contributed by atoms with E-state index < -0.39 is 6.10 Å². The van der Waals surface area contributed by atoms with Crippen molar-refractivity contribution < 1.29 is 14.3 Å². The lowest BCUT2D eigenvalue weighted by Crippen LogP contribution is -2.52. The Labute approximate surface area is 170 Å². The number of rotatable bonds is 4. The van der Waals surface area contributed by atoms with Crippen LogP contribution in [0.3, 0.4) is 0 Å². The Morgan fingerprint density at radius 3 is 2.82 bits per heavy atom. The molecule has 1 aliphatic rings. The smallest absolute Gasteiger partial charge is 0.261 e. The van der Waals surface area contributed by atoms with Gasteiger partial charge in [-0.1, -0.05) is 0 Å². The molecule has 0 unspecified atom stereocenters. The first-order valence-electron chi connectivity index (χ1n) is 8.57. The van der Waals surface area contributed by atoms with Gasteiger partial charge in [-0.15, -0.1) is 23.7 Å². The SMILES string of the molecule is Cl.O=C(N[C@@H]1CCNC[C@H]1O)c1cc2c(Nc3ccc(F)cc3)ncnc2s1. The first-order valence-corrected chi connectivity index (χ1v) is 9.38. The number of aliphatic hydroxyl groups is 1. The Hall–Kier alpha value is -2.33. The lowest BCUT2D eigenvalue weighted by Gasteiger charge is -2.28. The molecule has 10 heteroatoms. The van der Waals surface area contributed by atoms with Crippen LogP contribution in [0.25, 0.3) is 10.2 Å². The maximum atomic E-state index is 13.1. The van der Waals surface area contributed by atoms with Crippen LogP contribution in [0.2, 0.25) is 0 Å². The maximum absolute atomic E-state index is 13.1. The molecule has 28 heavy (non-hydrogen) atoms. The van der Waals surface area contributed by atoms with Gasteiger partial charge in [0.15, 0.2) is 0 Å². The number of nitrogens with zero attached hydrogens (tertiary/aromatic N) is 2. The number of benzene rings is 1. The van der Waals surface area contributed by atoms with Crippen molar-refractivity contribution in [2.45, 2.75) is 18.6 Å². The van der Waals surface area contributed by atoms with Crippen molar-refractivity contribution in [2.24, 2.45) is 0 Å². The number of fused-ring (bicyclic) bond motifs is 1. The van der Waals surface area contributed by atoms with Crippen LogP contribution in [0, 0.1) is 5.82 Å². The first-order chi connectivity index (χ1) is 13.1. The van der Waals surface area contributed by atoms with E-state index in [4.69, 9.17) is 0 Å². The van der Waals surface area contributed by atoms with Crippen LogP contribution in [-0.2, 0) is 0 Å². The second-order valence-electron chi connectivity index (χ2n) is 6.32. The quantitative estimate of drug-likeness (QED) is 0.514. The van der Waals surface area contributed by atoms with Gasteiger partial charge < -0.3 is 21.1 Å². The molecule has 0 radical (unpaired) electrons. The van der Waals surface area contributed by atoms with E-state index in [0.29, 0.717) is 39.6 Å². The molecule has 1 fully saturated rings. The summed E-state index contributed by atoms with van der Waals surface area (Å²) in [5.74, 6) is -0.0107. The number of anilines is 2. The third-order valence-electron chi connectivity index (χ3n) is 4.43. The second kappa shape index (κ2) is 8.78. The number of carbonyl (C=O) groups excluding carboxylic acids is 1. The topological polar surface area (TPSA) is 99.2 Å². The molecule has 3 aromatic rings. The summed E-state index contributed by atoms with van der Waals surface area (Å²) in [5.41, 5.74) is 0.687. The molecule has 4 N–H and O–H groups in total. The molecule has 1 aliphatic heterocycles. The fraction of sp³-hybridized carbons (Fsp3) is 0.278. The normalized spacial score (nSPS) is 19.1. The lowest BCUT2D eigenvalue weighted by molar-refractivity contribution is 0.0768. The minimum absolute atomic E-state index is 0. The summed E-state index contributed by atoms with van der Waals surface area (Å²) in [6.45, 7) is 1.22.